The highest BCUT2D eigenvalue weighted by Gasteiger charge is 1.95. The van der Waals surface area contributed by atoms with Crippen LogP contribution in [0, 0.1) is 18.3 Å². The smallest absolute Gasteiger partial charge is 0.0209 e. The highest BCUT2D eigenvalue weighted by Crippen LogP contribution is 2.22. The molecule has 0 saturated carbocycles. The van der Waals surface area contributed by atoms with Gasteiger partial charge < -0.3 is 0 Å². The fourth-order valence-electron chi connectivity index (χ4n) is 0.933. The van der Waals surface area contributed by atoms with Gasteiger partial charge in [-0.15, -0.1) is 20.9 Å². The van der Waals surface area contributed by atoms with Gasteiger partial charge in [-0.25, -0.2) is 0 Å². The molecular weight excluding hydrogens is 195 g/mol. The zero-order chi connectivity index (χ0) is 9.94. The molecule has 0 radical (unpaired) electrons. The molecule has 0 amide bonds. The van der Waals surface area contributed by atoms with Crippen molar-refractivity contribution in [3.05, 3.63) is 0 Å². The van der Waals surface area contributed by atoms with Crippen molar-refractivity contribution in [1.82, 2.24) is 0 Å². The van der Waals surface area contributed by atoms with Crippen LogP contribution in [0.5, 0.6) is 0 Å². The average Bonchev–Trinajstić information content (AvgIpc) is 2.16. The second-order valence-corrected chi connectivity index (χ2v) is 6.16. The lowest BCUT2D eigenvalue weighted by atomic mass is 10.2. The predicted molar refractivity (Wildman–Crippen MR) is 68.0 cm³/mol. The van der Waals surface area contributed by atoms with Crippen molar-refractivity contribution in [2.45, 2.75) is 33.1 Å². The zero-order valence-electron chi connectivity index (χ0n) is 8.81. The molecular formula is C11H21PS. The van der Waals surface area contributed by atoms with Gasteiger partial charge in [0.25, 0.3) is 0 Å². The Bertz CT molecular complexity index is 140. The van der Waals surface area contributed by atoms with Gasteiger partial charge >= 0.3 is 0 Å². The molecule has 2 unspecified atom stereocenters. The van der Waals surface area contributed by atoms with E-state index in [9.17, 15) is 0 Å². The van der Waals surface area contributed by atoms with Gasteiger partial charge in [0, 0.05) is 11.4 Å². The molecule has 0 nitrogen and oxygen atoms in total. The van der Waals surface area contributed by atoms with E-state index in [0.717, 1.165) is 8.58 Å². The van der Waals surface area contributed by atoms with E-state index >= 15 is 0 Å². The SMILES string of the molecule is C#CC(C)CPCSCCCCC. The summed E-state index contributed by atoms with van der Waals surface area (Å²) in [5.41, 5.74) is 1.32. The number of hydrogen-bond donors (Lipinski definition) is 0. The van der Waals surface area contributed by atoms with Gasteiger partial charge in [0.15, 0.2) is 0 Å². The van der Waals surface area contributed by atoms with Crippen LogP contribution in [-0.4, -0.2) is 17.4 Å². The molecule has 0 aromatic rings. The maximum absolute atomic E-state index is 5.30. The van der Waals surface area contributed by atoms with Crippen LogP contribution in [0.1, 0.15) is 33.1 Å². The molecule has 0 aliphatic rings. The fraction of sp³-hybridized carbons (Fsp3) is 0.818. The molecule has 0 N–H and O–H groups in total. The number of unbranched alkanes of at least 4 members (excludes halogenated alkanes) is 2. The number of hydrogen-bond acceptors (Lipinski definition) is 1. The molecule has 0 bridgehead atoms. The molecule has 0 saturated heterocycles. The first-order valence-electron chi connectivity index (χ1n) is 5.05. The summed E-state index contributed by atoms with van der Waals surface area (Å²) in [4.78, 5) is 0. The number of thioether (sulfide) groups is 1. The maximum Gasteiger partial charge on any atom is 0.0209 e. The van der Waals surface area contributed by atoms with Gasteiger partial charge in [0.05, 0.1) is 0 Å². The predicted octanol–water partition coefficient (Wildman–Crippen LogP) is 3.82. The molecule has 13 heavy (non-hydrogen) atoms. The van der Waals surface area contributed by atoms with Gasteiger partial charge in [0.1, 0.15) is 0 Å². The standard InChI is InChI=1S/C11H21PS/c1-4-6-7-8-13-10-12-9-11(3)5-2/h2,11-12H,4,6-10H2,1,3H3. The Morgan fingerprint density at radius 3 is 2.85 bits per heavy atom. The van der Waals surface area contributed by atoms with Crippen molar-refractivity contribution in [2.75, 3.05) is 17.4 Å². The van der Waals surface area contributed by atoms with Crippen molar-refractivity contribution in [3.63, 3.8) is 0 Å². The van der Waals surface area contributed by atoms with Gasteiger partial charge in [-0.1, -0.05) is 26.7 Å². The molecule has 0 aliphatic carbocycles. The third-order valence-corrected chi connectivity index (χ3v) is 4.94. The van der Waals surface area contributed by atoms with E-state index in [-0.39, 0.29) is 0 Å². The molecule has 0 fully saturated rings. The van der Waals surface area contributed by atoms with E-state index in [0.29, 0.717) is 5.92 Å². The van der Waals surface area contributed by atoms with Crippen LogP contribution in [0.2, 0.25) is 0 Å². The van der Waals surface area contributed by atoms with Crippen LogP contribution >= 0.6 is 20.3 Å². The minimum Gasteiger partial charge on any atom is -0.158 e. The largest absolute Gasteiger partial charge is 0.158 e. The number of rotatable bonds is 8. The van der Waals surface area contributed by atoms with Crippen LogP contribution in [0.3, 0.4) is 0 Å². The summed E-state index contributed by atoms with van der Waals surface area (Å²) < 4.78 is 0. The Balaban J connectivity index is 2.96. The second-order valence-electron chi connectivity index (χ2n) is 3.28. The molecule has 0 rings (SSSR count). The normalized spacial score (nSPS) is 13.3. The highest BCUT2D eigenvalue weighted by molar-refractivity contribution is 8.03. The lowest BCUT2D eigenvalue weighted by Gasteiger charge is -2.03. The topological polar surface area (TPSA) is 0 Å². The van der Waals surface area contributed by atoms with Crippen molar-refractivity contribution in [1.29, 1.82) is 0 Å². The molecule has 2 heteroatoms. The van der Waals surface area contributed by atoms with Gasteiger partial charge in [-0.2, -0.15) is 11.8 Å². The minimum absolute atomic E-state index is 0.481. The monoisotopic (exact) mass is 216 g/mol. The van der Waals surface area contributed by atoms with Crippen LogP contribution in [0.4, 0.5) is 0 Å². The molecule has 76 valence electrons. The molecule has 0 heterocycles. The van der Waals surface area contributed by atoms with E-state index in [4.69, 9.17) is 6.42 Å². The summed E-state index contributed by atoms with van der Waals surface area (Å²) in [6.07, 6.45) is 10.6. The molecule has 0 spiro atoms. The first-order valence-corrected chi connectivity index (χ1v) is 7.62. The quantitative estimate of drug-likeness (QED) is 0.338. The summed E-state index contributed by atoms with van der Waals surface area (Å²) in [5, 5.41) is 0. The van der Waals surface area contributed by atoms with Crippen molar-refractivity contribution < 1.29 is 0 Å². The highest BCUT2D eigenvalue weighted by atomic mass is 32.2. The third kappa shape index (κ3) is 10.3. The fourth-order valence-corrected chi connectivity index (χ4v) is 3.52. The number of terminal acetylenes is 1. The van der Waals surface area contributed by atoms with Crippen LogP contribution in [0.25, 0.3) is 0 Å². The lowest BCUT2D eigenvalue weighted by Crippen LogP contribution is -1.91. The van der Waals surface area contributed by atoms with Crippen LogP contribution < -0.4 is 0 Å². The van der Waals surface area contributed by atoms with Crippen molar-refractivity contribution in [2.24, 2.45) is 5.92 Å². The van der Waals surface area contributed by atoms with E-state index in [1.807, 2.05) is 0 Å². The van der Waals surface area contributed by atoms with Gasteiger partial charge in [-0.3, -0.25) is 0 Å². The van der Waals surface area contributed by atoms with Crippen LogP contribution in [0.15, 0.2) is 0 Å². The zero-order valence-corrected chi connectivity index (χ0v) is 10.6. The van der Waals surface area contributed by atoms with Gasteiger partial charge in [0.2, 0.25) is 0 Å². The van der Waals surface area contributed by atoms with E-state index in [1.54, 1.807) is 0 Å². The first kappa shape index (κ1) is 13.3. The molecule has 0 aromatic heterocycles. The Kier molecular flexibility index (Phi) is 10.7. The second kappa shape index (κ2) is 10.4. The van der Waals surface area contributed by atoms with E-state index in [2.05, 4.69) is 31.5 Å². The van der Waals surface area contributed by atoms with Crippen molar-refractivity contribution >= 4 is 20.3 Å². The summed E-state index contributed by atoms with van der Waals surface area (Å²) in [7, 11) is 1.05. The lowest BCUT2D eigenvalue weighted by molar-refractivity contribution is 0.779. The van der Waals surface area contributed by atoms with E-state index < -0.39 is 0 Å². The summed E-state index contributed by atoms with van der Waals surface area (Å²) in [6.45, 7) is 4.38. The van der Waals surface area contributed by atoms with E-state index in [1.165, 1.54) is 36.7 Å². The van der Waals surface area contributed by atoms with Crippen molar-refractivity contribution in [3.8, 4) is 12.3 Å². The Labute approximate surface area is 89.4 Å². The molecule has 0 aliphatic heterocycles. The van der Waals surface area contributed by atoms with Crippen LogP contribution in [-0.2, 0) is 0 Å². The average molecular weight is 216 g/mol. The molecule has 2 atom stereocenters. The summed E-state index contributed by atoms with van der Waals surface area (Å²) in [6, 6.07) is 0. The Morgan fingerprint density at radius 2 is 2.23 bits per heavy atom. The Hall–Kier alpha value is 0.340. The van der Waals surface area contributed by atoms with Gasteiger partial charge in [-0.05, 0) is 18.3 Å². The maximum atomic E-state index is 5.30. The molecule has 0 aromatic carbocycles. The third-order valence-electron chi connectivity index (χ3n) is 1.83. The summed E-state index contributed by atoms with van der Waals surface area (Å²) in [5.74, 6) is 4.59. The Morgan fingerprint density at radius 1 is 1.46 bits per heavy atom. The first-order chi connectivity index (χ1) is 6.31. The summed E-state index contributed by atoms with van der Waals surface area (Å²) >= 11 is 2.09. The minimum atomic E-state index is 0.481.